The molecule has 1 fully saturated rings. The molecular weight excluding hydrogens is 234 g/mol. The lowest BCUT2D eigenvalue weighted by molar-refractivity contribution is 0.352. The van der Waals surface area contributed by atoms with Crippen LogP contribution in [0.2, 0.25) is 5.02 Å². The van der Waals surface area contributed by atoms with Crippen molar-refractivity contribution in [3.8, 4) is 5.75 Å². The van der Waals surface area contributed by atoms with Crippen LogP contribution >= 0.6 is 11.6 Å². The van der Waals surface area contributed by atoms with E-state index in [-0.39, 0.29) is 0 Å². The van der Waals surface area contributed by atoms with Gasteiger partial charge in [0.15, 0.2) is 0 Å². The maximum atomic E-state index is 6.21. The molecule has 1 saturated heterocycles. The Kier molecular flexibility index (Phi) is 4.08. The predicted molar refractivity (Wildman–Crippen MR) is 71.7 cm³/mol. The van der Waals surface area contributed by atoms with Crippen LogP contribution in [0.3, 0.4) is 0 Å². The van der Waals surface area contributed by atoms with Crippen LogP contribution in [-0.2, 0) is 0 Å². The van der Waals surface area contributed by atoms with Crippen molar-refractivity contribution in [3.05, 3.63) is 40.9 Å². The summed E-state index contributed by atoms with van der Waals surface area (Å²) < 4.78 is 5.56. The third-order valence-electron chi connectivity index (χ3n) is 2.89. The molecule has 2 rings (SSSR count). The second-order valence-electron chi connectivity index (χ2n) is 4.58. The molecule has 2 nitrogen and oxygen atoms in total. The monoisotopic (exact) mass is 251 g/mol. The first kappa shape index (κ1) is 12.5. The zero-order chi connectivity index (χ0) is 12.3. The van der Waals surface area contributed by atoms with Gasteiger partial charge in [-0.05, 0) is 49.6 Å². The van der Waals surface area contributed by atoms with E-state index >= 15 is 0 Å². The van der Waals surface area contributed by atoms with E-state index in [1.165, 1.54) is 18.4 Å². The van der Waals surface area contributed by atoms with Gasteiger partial charge in [0.2, 0.25) is 0 Å². The number of nitrogens with one attached hydrogen (secondary N) is 1. The number of hydrogen-bond acceptors (Lipinski definition) is 2. The van der Waals surface area contributed by atoms with Gasteiger partial charge < -0.3 is 10.1 Å². The van der Waals surface area contributed by atoms with Crippen LogP contribution in [-0.4, -0.2) is 13.2 Å². The van der Waals surface area contributed by atoms with Crippen LogP contribution in [0.4, 0.5) is 0 Å². The Morgan fingerprint density at radius 2 is 2.41 bits per heavy atom. The maximum absolute atomic E-state index is 6.21. The van der Waals surface area contributed by atoms with Gasteiger partial charge >= 0.3 is 0 Å². The average molecular weight is 252 g/mol. The van der Waals surface area contributed by atoms with Crippen molar-refractivity contribution >= 4 is 11.6 Å². The molecule has 0 spiro atoms. The number of ether oxygens (including phenoxy) is 1. The van der Waals surface area contributed by atoms with E-state index in [1.807, 2.05) is 19.1 Å². The molecule has 1 unspecified atom stereocenters. The van der Waals surface area contributed by atoms with E-state index in [9.17, 15) is 0 Å². The van der Waals surface area contributed by atoms with Gasteiger partial charge in [-0.25, -0.2) is 0 Å². The van der Waals surface area contributed by atoms with Crippen LogP contribution in [0.5, 0.6) is 5.75 Å². The Morgan fingerprint density at radius 3 is 3.00 bits per heavy atom. The summed E-state index contributed by atoms with van der Waals surface area (Å²) >= 11 is 6.21. The van der Waals surface area contributed by atoms with Crippen molar-refractivity contribution in [2.75, 3.05) is 13.2 Å². The van der Waals surface area contributed by atoms with Gasteiger partial charge in [0.05, 0.1) is 5.02 Å². The van der Waals surface area contributed by atoms with Gasteiger partial charge in [-0.2, -0.15) is 0 Å². The SMILES string of the molecule is C=C(C)COc1ccc(C2CCCN2)cc1Cl. The Morgan fingerprint density at radius 1 is 1.59 bits per heavy atom. The fraction of sp³-hybridized carbons (Fsp3) is 0.429. The van der Waals surface area contributed by atoms with Crippen LogP contribution in [0, 0.1) is 0 Å². The Balaban J connectivity index is 2.08. The van der Waals surface area contributed by atoms with Gasteiger partial charge in [-0.3, -0.25) is 0 Å². The Hall–Kier alpha value is -0.990. The van der Waals surface area contributed by atoms with E-state index in [2.05, 4.69) is 18.0 Å². The lowest BCUT2D eigenvalue weighted by Crippen LogP contribution is -2.12. The molecule has 0 amide bonds. The van der Waals surface area contributed by atoms with Gasteiger partial charge in [-0.1, -0.05) is 24.2 Å². The Bertz CT molecular complexity index is 411. The van der Waals surface area contributed by atoms with Crippen LogP contribution < -0.4 is 10.1 Å². The highest BCUT2D eigenvalue weighted by atomic mass is 35.5. The summed E-state index contributed by atoms with van der Waals surface area (Å²) in [5.41, 5.74) is 2.23. The highest BCUT2D eigenvalue weighted by Gasteiger charge is 2.17. The van der Waals surface area contributed by atoms with E-state index in [1.54, 1.807) is 0 Å². The van der Waals surface area contributed by atoms with Gasteiger partial charge in [0.25, 0.3) is 0 Å². The van der Waals surface area contributed by atoms with Crippen molar-refractivity contribution < 1.29 is 4.74 Å². The Labute approximate surface area is 108 Å². The molecule has 0 bridgehead atoms. The van der Waals surface area contributed by atoms with Gasteiger partial charge in [0.1, 0.15) is 12.4 Å². The summed E-state index contributed by atoms with van der Waals surface area (Å²) in [4.78, 5) is 0. The van der Waals surface area contributed by atoms with Crippen LogP contribution in [0.25, 0.3) is 0 Å². The van der Waals surface area contributed by atoms with E-state index in [4.69, 9.17) is 16.3 Å². The average Bonchev–Trinajstić information content (AvgIpc) is 2.80. The smallest absolute Gasteiger partial charge is 0.138 e. The fourth-order valence-electron chi connectivity index (χ4n) is 2.02. The molecule has 1 aromatic carbocycles. The summed E-state index contributed by atoms with van der Waals surface area (Å²) in [7, 11) is 0. The minimum atomic E-state index is 0.447. The summed E-state index contributed by atoms with van der Waals surface area (Å²) in [6, 6.07) is 6.48. The molecule has 1 N–H and O–H groups in total. The van der Waals surface area contributed by atoms with Gasteiger partial charge in [-0.15, -0.1) is 0 Å². The highest BCUT2D eigenvalue weighted by molar-refractivity contribution is 6.32. The molecule has 1 heterocycles. The predicted octanol–water partition coefficient (Wildman–Crippen LogP) is 3.72. The van der Waals surface area contributed by atoms with Crippen LogP contribution in [0.15, 0.2) is 30.4 Å². The molecule has 1 aliphatic heterocycles. The molecule has 3 heteroatoms. The molecule has 92 valence electrons. The minimum absolute atomic E-state index is 0.447. The lowest BCUT2D eigenvalue weighted by Gasteiger charge is -2.13. The zero-order valence-electron chi connectivity index (χ0n) is 10.1. The van der Waals surface area contributed by atoms with Crippen molar-refractivity contribution in [1.29, 1.82) is 0 Å². The maximum Gasteiger partial charge on any atom is 0.138 e. The second-order valence-corrected chi connectivity index (χ2v) is 4.99. The summed E-state index contributed by atoms with van der Waals surface area (Å²) in [5, 5.41) is 4.13. The number of hydrogen-bond donors (Lipinski definition) is 1. The molecular formula is C14H18ClNO. The molecule has 1 aliphatic rings. The molecule has 1 aromatic rings. The van der Waals surface area contributed by atoms with Crippen molar-refractivity contribution in [1.82, 2.24) is 5.32 Å². The second kappa shape index (κ2) is 5.56. The number of halogens is 1. The molecule has 0 aromatic heterocycles. The quantitative estimate of drug-likeness (QED) is 0.824. The first-order valence-corrected chi connectivity index (χ1v) is 6.34. The van der Waals surface area contributed by atoms with E-state index in [0.717, 1.165) is 17.9 Å². The number of rotatable bonds is 4. The van der Waals surface area contributed by atoms with Crippen molar-refractivity contribution in [2.24, 2.45) is 0 Å². The zero-order valence-corrected chi connectivity index (χ0v) is 10.9. The fourth-order valence-corrected chi connectivity index (χ4v) is 2.26. The standard InChI is InChI=1S/C14H18ClNO/c1-10(2)9-17-14-6-5-11(8-12(14)15)13-4-3-7-16-13/h5-6,8,13,16H,1,3-4,7,9H2,2H3. The molecule has 0 radical (unpaired) electrons. The van der Waals surface area contributed by atoms with Crippen molar-refractivity contribution in [2.45, 2.75) is 25.8 Å². The number of benzene rings is 1. The minimum Gasteiger partial charge on any atom is -0.488 e. The largest absolute Gasteiger partial charge is 0.488 e. The first-order valence-electron chi connectivity index (χ1n) is 5.97. The normalized spacial score (nSPS) is 19.3. The van der Waals surface area contributed by atoms with Gasteiger partial charge in [0, 0.05) is 6.04 Å². The third kappa shape index (κ3) is 3.24. The molecule has 0 aliphatic carbocycles. The van der Waals surface area contributed by atoms with Crippen molar-refractivity contribution in [3.63, 3.8) is 0 Å². The molecule has 0 saturated carbocycles. The highest BCUT2D eigenvalue weighted by Crippen LogP contribution is 2.31. The van der Waals surface area contributed by atoms with E-state index < -0.39 is 0 Å². The summed E-state index contributed by atoms with van der Waals surface area (Å²) in [6.07, 6.45) is 2.42. The topological polar surface area (TPSA) is 21.3 Å². The molecule has 1 atom stereocenters. The summed E-state index contributed by atoms with van der Waals surface area (Å²) in [6.45, 7) is 7.35. The van der Waals surface area contributed by atoms with Crippen LogP contribution in [0.1, 0.15) is 31.4 Å². The summed E-state index contributed by atoms with van der Waals surface area (Å²) in [5.74, 6) is 0.733. The third-order valence-corrected chi connectivity index (χ3v) is 3.19. The van der Waals surface area contributed by atoms with E-state index in [0.29, 0.717) is 17.7 Å². The molecule has 17 heavy (non-hydrogen) atoms. The lowest BCUT2D eigenvalue weighted by atomic mass is 10.1. The first-order chi connectivity index (χ1) is 8.16.